The number of hydrogen-bond donors (Lipinski definition) is 3. The number of amides is 2. The molecule has 3 N–H and O–H groups in total. The van der Waals surface area contributed by atoms with Crippen LogP contribution >= 0.6 is 0 Å². The number of halogens is 1. The minimum atomic E-state index is -0.481. The Balaban J connectivity index is 1.17. The van der Waals surface area contributed by atoms with Crippen LogP contribution in [0.25, 0.3) is 32.8 Å². The van der Waals surface area contributed by atoms with Gasteiger partial charge in [0, 0.05) is 42.7 Å². The van der Waals surface area contributed by atoms with Crippen molar-refractivity contribution in [2.45, 2.75) is 56.3 Å². The van der Waals surface area contributed by atoms with Crippen molar-refractivity contribution >= 4 is 33.5 Å². The number of phenols is 1. The van der Waals surface area contributed by atoms with Crippen LogP contribution in [0.15, 0.2) is 48.5 Å². The van der Waals surface area contributed by atoms with Gasteiger partial charge in [-0.25, -0.2) is 9.18 Å². The zero-order valence-electron chi connectivity index (χ0n) is 26.1. The maximum atomic E-state index is 16.8. The van der Waals surface area contributed by atoms with Gasteiger partial charge in [0.15, 0.2) is 5.82 Å². The van der Waals surface area contributed by atoms with Crippen molar-refractivity contribution < 1.29 is 19.0 Å². The summed E-state index contributed by atoms with van der Waals surface area (Å²) in [5.41, 5.74) is 1.14. The Morgan fingerprint density at radius 3 is 2.63 bits per heavy atom. The number of carbonyl (C=O) groups excluding carboxylic acids is 1. The quantitative estimate of drug-likeness (QED) is 0.288. The molecule has 0 radical (unpaired) electrons. The fourth-order valence-electron chi connectivity index (χ4n) is 7.95. The molecule has 4 aromatic rings. The molecule has 8 rings (SSSR count). The van der Waals surface area contributed by atoms with Crippen LogP contribution in [-0.4, -0.2) is 101 Å². The number of anilines is 1. The van der Waals surface area contributed by atoms with Crippen molar-refractivity contribution in [1.82, 2.24) is 30.4 Å². The van der Waals surface area contributed by atoms with E-state index < -0.39 is 5.82 Å². The van der Waals surface area contributed by atoms with Crippen LogP contribution in [0.5, 0.6) is 11.8 Å². The number of rotatable bonds is 6. The summed E-state index contributed by atoms with van der Waals surface area (Å²) >= 11 is 0. The predicted octanol–water partition coefficient (Wildman–Crippen LogP) is 4.49. The molecular weight excluding hydrogens is 585 g/mol. The molecule has 4 atom stereocenters. The lowest BCUT2D eigenvalue weighted by molar-refractivity contribution is 0.159. The molecule has 4 fully saturated rings. The zero-order chi connectivity index (χ0) is 31.4. The average Bonchev–Trinajstić information content (AvgIpc) is 3.79. The van der Waals surface area contributed by atoms with Crippen molar-refractivity contribution in [2.75, 3.05) is 51.3 Å². The highest BCUT2D eigenvalue weighted by molar-refractivity contribution is 6.01. The molecule has 1 aromatic heterocycles. The van der Waals surface area contributed by atoms with Gasteiger partial charge >= 0.3 is 12.0 Å². The molecule has 4 aliphatic rings. The van der Waals surface area contributed by atoms with E-state index in [1.165, 1.54) is 0 Å². The van der Waals surface area contributed by atoms with Crippen molar-refractivity contribution in [2.24, 2.45) is 0 Å². The first-order valence-corrected chi connectivity index (χ1v) is 16.5. The van der Waals surface area contributed by atoms with Crippen LogP contribution in [0.3, 0.4) is 0 Å². The zero-order valence-corrected chi connectivity index (χ0v) is 26.1. The van der Waals surface area contributed by atoms with Gasteiger partial charge < -0.3 is 35.2 Å². The first-order valence-electron chi connectivity index (χ1n) is 16.5. The van der Waals surface area contributed by atoms with Gasteiger partial charge in [-0.3, -0.25) is 0 Å². The molecule has 0 saturated carbocycles. The lowest BCUT2D eigenvalue weighted by atomic mass is 9.96. The fraction of sp³-hybridized carbons (Fsp3) is 0.457. The topological polar surface area (TPSA) is 106 Å². The molecule has 10 nitrogen and oxygen atoms in total. The van der Waals surface area contributed by atoms with E-state index in [0.29, 0.717) is 42.0 Å². The third-order valence-electron chi connectivity index (χ3n) is 10.4. The number of fused-ring (bicyclic) bond motifs is 4. The summed E-state index contributed by atoms with van der Waals surface area (Å²) < 4.78 is 23.0. The summed E-state index contributed by atoms with van der Waals surface area (Å²) in [6, 6.07) is 15.2. The molecule has 0 aliphatic carbocycles. The van der Waals surface area contributed by atoms with Gasteiger partial charge in [0.2, 0.25) is 0 Å². The molecule has 3 unspecified atom stereocenters. The average molecular weight is 626 g/mol. The van der Waals surface area contributed by atoms with Crippen molar-refractivity contribution in [3.8, 4) is 22.9 Å². The Kier molecular flexibility index (Phi) is 7.53. The maximum Gasteiger partial charge on any atom is 0.319 e. The number of aromatic nitrogens is 2. The molecule has 11 heteroatoms. The number of benzene rings is 3. The van der Waals surface area contributed by atoms with E-state index in [0.717, 1.165) is 62.5 Å². The van der Waals surface area contributed by atoms with Gasteiger partial charge in [-0.15, -0.1) is 0 Å². The smallest absolute Gasteiger partial charge is 0.319 e. The SMILES string of the molecule is CN1CCC[C@H]1COc1nc(N2CC3CCC(C2)N3C(=O)NC2CCNC2)c2ccc(-c3cc(O)cc4ccccc34)c(F)c2n1. The summed E-state index contributed by atoms with van der Waals surface area (Å²) in [4.78, 5) is 29.4. The molecular formula is C35H40FN7O3. The standard InChI is InChI=1S/C35H40FN7O3/c1-41-14-4-6-25(41)20-46-34-39-32-29(11-10-28(31(32)36)30-16-26(44)15-21-5-2-3-7-27(21)30)33(40-34)42-18-23-8-9-24(19-42)43(23)35(45)38-22-12-13-37-17-22/h2-3,5,7,10-11,15-16,22-25,37,44H,4,6,8-9,12-14,17-20H2,1H3,(H,38,45)/t22?,23?,24?,25-/m0/s1. The van der Waals surface area contributed by atoms with E-state index >= 15 is 4.39 Å². The first-order chi connectivity index (χ1) is 22.4. The number of aromatic hydroxyl groups is 1. The number of nitrogens with zero attached hydrogens (tertiary/aromatic N) is 5. The molecule has 2 amide bonds. The number of urea groups is 1. The van der Waals surface area contributed by atoms with E-state index in [1.54, 1.807) is 18.2 Å². The predicted molar refractivity (Wildman–Crippen MR) is 176 cm³/mol. The van der Waals surface area contributed by atoms with Crippen molar-refractivity contribution in [3.05, 3.63) is 54.3 Å². The summed E-state index contributed by atoms with van der Waals surface area (Å²) in [7, 11) is 2.09. The Bertz CT molecular complexity index is 1780. The molecule has 46 heavy (non-hydrogen) atoms. The molecule has 240 valence electrons. The summed E-state index contributed by atoms with van der Waals surface area (Å²) in [6.07, 6.45) is 4.92. The molecule has 4 aliphatic heterocycles. The Morgan fingerprint density at radius 2 is 1.87 bits per heavy atom. The third-order valence-corrected chi connectivity index (χ3v) is 10.4. The number of nitrogens with one attached hydrogen (secondary N) is 2. The number of likely N-dealkylation sites (tertiary alicyclic amines) is 1. The van der Waals surface area contributed by atoms with E-state index in [-0.39, 0.29) is 47.5 Å². The van der Waals surface area contributed by atoms with Crippen LogP contribution < -0.4 is 20.3 Å². The number of likely N-dealkylation sites (N-methyl/N-ethyl adjacent to an activating group) is 1. The molecule has 0 spiro atoms. The fourth-order valence-corrected chi connectivity index (χ4v) is 7.95. The van der Waals surface area contributed by atoms with Gasteiger partial charge in [0.1, 0.15) is 23.7 Å². The lowest BCUT2D eigenvalue weighted by Gasteiger charge is -2.42. The van der Waals surface area contributed by atoms with Gasteiger partial charge in [-0.05, 0) is 86.8 Å². The second-order valence-electron chi connectivity index (χ2n) is 13.3. The van der Waals surface area contributed by atoms with E-state index in [4.69, 9.17) is 9.72 Å². The van der Waals surface area contributed by atoms with Crippen LogP contribution in [0, 0.1) is 5.82 Å². The highest BCUT2D eigenvalue weighted by atomic mass is 19.1. The summed E-state index contributed by atoms with van der Waals surface area (Å²) in [5.74, 6) is 0.219. The summed E-state index contributed by atoms with van der Waals surface area (Å²) in [6.45, 7) is 4.38. The lowest BCUT2D eigenvalue weighted by Crippen LogP contribution is -2.59. The number of phenolic OH excluding ortho intramolecular Hbond substituents is 1. The van der Waals surface area contributed by atoms with E-state index in [1.807, 2.05) is 35.2 Å². The Morgan fingerprint density at radius 1 is 1.04 bits per heavy atom. The second kappa shape index (κ2) is 11.9. The van der Waals surface area contributed by atoms with Crippen LogP contribution in [0.2, 0.25) is 0 Å². The summed E-state index contributed by atoms with van der Waals surface area (Å²) in [5, 5.41) is 19.3. The van der Waals surface area contributed by atoms with E-state index in [2.05, 4.69) is 32.5 Å². The number of carbonyl (C=O) groups is 1. The minimum absolute atomic E-state index is 0.00660. The molecule has 3 aromatic carbocycles. The number of ether oxygens (including phenoxy) is 1. The minimum Gasteiger partial charge on any atom is -0.508 e. The number of piperazine rings is 1. The normalized spacial score (nSPS) is 24.7. The van der Waals surface area contributed by atoms with E-state index in [9.17, 15) is 9.90 Å². The second-order valence-corrected chi connectivity index (χ2v) is 13.3. The van der Waals surface area contributed by atoms with Crippen LogP contribution in [-0.2, 0) is 0 Å². The van der Waals surface area contributed by atoms with Gasteiger partial charge in [-0.1, -0.05) is 30.3 Å². The van der Waals surface area contributed by atoms with Crippen LogP contribution in [0.4, 0.5) is 15.0 Å². The third kappa shape index (κ3) is 5.25. The highest BCUT2D eigenvalue weighted by Crippen LogP contribution is 2.40. The van der Waals surface area contributed by atoms with Crippen LogP contribution in [0.1, 0.15) is 32.1 Å². The first kappa shape index (κ1) is 29.2. The largest absolute Gasteiger partial charge is 0.508 e. The Hall–Kier alpha value is -4.22. The van der Waals surface area contributed by atoms with Crippen molar-refractivity contribution in [3.63, 3.8) is 0 Å². The van der Waals surface area contributed by atoms with Gasteiger partial charge in [0.05, 0.1) is 12.1 Å². The van der Waals surface area contributed by atoms with Crippen molar-refractivity contribution in [1.29, 1.82) is 0 Å². The molecule has 5 heterocycles. The molecule has 2 bridgehead atoms. The maximum absolute atomic E-state index is 16.8. The van der Waals surface area contributed by atoms with Gasteiger partial charge in [-0.2, -0.15) is 9.97 Å². The number of hydrogen-bond acceptors (Lipinski definition) is 8. The molecule has 4 saturated heterocycles. The monoisotopic (exact) mass is 625 g/mol. The highest BCUT2D eigenvalue weighted by Gasteiger charge is 2.44. The Labute approximate surface area is 267 Å². The van der Waals surface area contributed by atoms with Gasteiger partial charge in [0.25, 0.3) is 0 Å².